The molecule has 148 valence electrons. The van der Waals surface area contributed by atoms with Gasteiger partial charge in [-0.15, -0.1) is 11.3 Å². The number of ether oxygens (including phenoxy) is 1. The van der Waals surface area contributed by atoms with Gasteiger partial charge in [-0.25, -0.2) is 4.98 Å². The monoisotopic (exact) mass is 471 g/mol. The van der Waals surface area contributed by atoms with Crippen LogP contribution in [0.4, 0.5) is 11.4 Å². The van der Waals surface area contributed by atoms with Gasteiger partial charge in [0, 0.05) is 15.4 Å². The summed E-state index contributed by atoms with van der Waals surface area (Å²) in [5, 5.41) is 5.77. The number of carbonyl (C=O) groups is 2. The number of thiazole rings is 1. The summed E-state index contributed by atoms with van der Waals surface area (Å²) in [6.07, 6.45) is -0.661. The first-order valence-electron chi connectivity index (χ1n) is 9.01. The molecule has 1 N–H and O–H groups in total. The minimum Gasteiger partial charge on any atom is -0.479 e. The number of carbonyl (C=O) groups excluding carboxylic acids is 2. The van der Waals surface area contributed by atoms with Crippen molar-refractivity contribution in [2.24, 2.45) is 0 Å². The van der Waals surface area contributed by atoms with Crippen LogP contribution in [0.2, 0.25) is 0 Å². The van der Waals surface area contributed by atoms with Crippen molar-refractivity contribution in [3.8, 4) is 17.0 Å². The molecule has 0 bridgehead atoms. The van der Waals surface area contributed by atoms with Crippen molar-refractivity contribution >= 4 is 50.5 Å². The Morgan fingerprint density at radius 1 is 1.31 bits per heavy atom. The van der Waals surface area contributed by atoms with Crippen LogP contribution in [-0.4, -0.2) is 29.4 Å². The Morgan fingerprint density at radius 2 is 2.10 bits per heavy atom. The number of amides is 2. The van der Waals surface area contributed by atoms with Gasteiger partial charge in [0.25, 0.3) is 5.91 Å². The standard InChI is InChI=1S/C21H18BrN3O3S/c1-12-21(27)25(10-20(26)24-16-6-4-3-5-15(16)22)18-9-14(7-8-19(18)28-12)17-11-29-13(2)23-17/h3-9,11-12H,10H2,1-2H3,(H,24,26). The maximum absolute atomic E-state index is 12.8. The highest BCUT2D eigenvalue weighted by atomic mass is 79.9. The van der Waals surface area contributed by atoms with E-state index in [2.05, 4.69) is 26.2 Å². The largest absolute Gasteiger partial charge is 0.479 e. The van der Waals surface area contributed by atoms with Gasteiger partial charge in [0.2, 0.25) is 5.91 Å². The van der Waals surface area contributed by atoms with Crippen molar-refractivity contribution < 1.29 is 14.3 Å². The van der Waals surface area contributed by atoms with Gasteiger partial charge in [-0.05, 0) is 60.1 Å². The lowest BCUT2D eigenvalue weighted by Crippen LogP contribution is -2.47. The Hall–Kier alpha value is -2.71. The number of hydrogen-bond acceptors (Lipinski definition) is 5. The molecular formula is C21H18BrN3O3S. The molecule has 29 heavy (non-hydrogen) atoms. The highest BCUT2D eigenvalue weighted by Gasteiger charge is 2.33. The van der Waals surface area contributed by atoms with Crippen molar-refractivity contribution in [1.29, 1.82) is 0 Å². The van der Waals surface area contributed by atoms with Crippen LogP contribution in [-0.2, 0) is 9.59 Å². The lowest BCUT2D eigenvalue weighted by molar-refractivity contribution is -0.127. The fourth-order valence-electron chi connectivity index (χ4n) is 3.12. The lowest BCUT2D eigenvalue weighted by atomic mass is 10.1. The van der Waals surface area contributed by atoms with Crippen LogP contribution >= 0.6 is 27.3 Å². The highest BCUT2D eigenvalue weighted by Crippen LogP contribution is 2.37. The third kappa shape index (κ3) is 4.04. The van der Waals surface area contributed by atoms with Crippen LogP contribution in [0.25, 0.3) is 11.3 Å². The number of halogens is 1. The molecule has 0 saturated carbocycles. The van der Waals surface area contributed by atoms with E-state index in [0.29, 0.717) is 17.1 Å². The van der Waals surface area contributed by atoms with Crippen LogP contribution in [0, 0.1) is 6.92 Å². The first-order chi connectivity index (χ1) is 13.9. The van der Waals surface area contributed by atoms with Gasteiger partial charge in [0.1, 0.15) is 12.3 Å². The predicted octanol–water partition coefficient (Wildman–Crippen LogP) is 4.63. The minimum atomic E-state index is -0.661. The number of aromatic nitrogens is 1. The van der Waals surface area contributed by atoms with Crippen molar-refractivity contribution in [2.75, 3.05) is 16.8 Å². The fraction of sp³-hybridized carbons (Fsp3) is 0.190. The number of nitrogens with one attached hydrogen (secondary N) is 1. The third-order valence-corrected chi connectivity index (χ3v) is 6.00. The van der Waals surface area contributed by atoms with E-state index in [0.717, 1.165) is 20.7 Å². The second-order valence-electron chi connectivity index (χ2n) is 6.65. The van der Waals surface area contributed by atoms with E-state index in [9.17, 15) is 9.59 Å². The summed E-state index contributed by atoms with van der Waals surface area (Å²) in [5.41, 5.74) is 2.92. The summed E-state index contributed by atoms with van der Waals surface area (Å²) >= 11 is 4.97. The Balaban J connectivity index is 1.63. The minimum absolute atomic E-state index is 0.111. The zero-order chi connectivity index (χ0) is 20.5. The molecule has 1 aliphatic rings. The van der Waals surface area contributed by atoms with Crippen LogP contribution < -0.4 is 15.0 Å². The summed E-state index contributed by atoms with van der Waals surface area (Å²) in [4.78, 5) is 31.4. The molecule has 4 rings (SSSR count). The molecule has 2 heterocycles. The number of aryl methyl sites for hydroxylation is 1. The molecule has 0 fully saturated rings. The number of hydrogen-bond donors (Lipinski definition) is 1. The Kier molecular flexibility index (Phi) is 5.38. The number of benzene rings is 2. The first kappa shape index (κ1) is 19.6. The topological polar surface area (TPSA) is 71.5 Å². The average molecular weight is 472 g/mol. The van der Waals surface area contributed by atoms with Gasteiger partial charge in [0.15, 0.2) is 6.10 Å². The fourth-order valence-corrected chi connectivity index (χ4v) is 4.13. The highest BCUT2D eigenvalue weighted by molar-refractivity contribution is 9.10. The molecule has 0 spiro atoms. The van der Waals surface area contributed by atoms with Gasteiger partial charge >= 0.3 is 0 Å². The molecule has 2 aromatic carbocycles. The molecule has 8 heteroatoms. The predicted molar refractivity (Wildman–Crippen MR) is 118 cm³/mol. The van der Waals surface area contributed by atoms with Gasteiger partial charge in [0.05, 0.1) is 22.1 Å². The summed E-state index contributed by atoms with van der Waals surface area (Å²) in [6, 6.07) is 12.9. The first-order valence-corrected chi connectivity index (χ1v) is 10.7. The Labute approximate surface area is 180 Å². The number of fused-ring (bicyclic) bond motifs is 1. The molecule has 3 aromatic rings. The number of rotatable bonds is 4. The van der Waals surface area contributed by atoms with Crippen molar-refractivity contribution in [1.82, 2.24) is 4.98 Å². The quantitative estimate of drug-likeness (QED) is 0.601. The molecule has 6 nitrogen and oxygen atoms in total. The zero-order valence-corrected chi connectivity index (χ0v) is 18.2. The third-order valence-electron chi connectivity index (χ3n) is 4.53. The van der Waals surface area contributed by atoms with E-state index in [-0.39, 0.29) is 18.4 Å². The second-order valence-corrected chi connectivity index (χ2v) is 8.56. The summed E-state index contributed by atoms with van der Waals surface area (Å²) in [7, 11) is 0. The molecule has 0 radical (unpaired) electrons. The van der Waals surface area contributed by atoms with Crippen molar-refractivity contribution in [3.63, 3.8) is 0 Å². The maximum atomic E-state index is 12.8. The van der Waals surface area contributed by atoms with E-state index in [1.54, 1.807) is 24.3 Å². The van der Waals surface area contributed by atoms with E-state index >= 15 is 0 Å². The lowest BCUT2D eigenvalue weighted by Gasteiger charge is -2.32. The molecular weight excluding hydrogens is 454 g/mol. The molecule has 1 unspecified atom stereocenters. The van der Waals surface area contributed by atoms with Crippen LogP contribution in [0.3, 0.4) is 0 Å². The number of anilines is 2. The Bertz CT molecular complexity index is 1100. The second kappa shape index (κ2) is 7.96. The molecule has 2 amide bonds. The van der Waals surface area contributed by atoms with E-state index in [4.69, 9.17) is 4.74 Å². The van der Waals surface area contributed by atoms with E-state index in [1.807, 2.05) is 48.7 Å². The van der Waals surface area contributed by atoms with Gasteiger partial charge in [-0.2, -0.15) is 0 Å². The summed E-state index contributed by atoms with van der Waals surface area (Å²) < 4.78 is 6.52. The molecule has 0 aliphatic carbocycles. The number of nitrogens with zero attached hydrogens (tertiary/aromatic N) is 2. The molecule has 1 aliphatic heterocycles. The SMILES string of the molecule is Cc1nc(-c2ccc3c(c2)N(CC(=O)Nc2ccccc2Br)C(=O)C(C)O3)cs1. The Morgan fingerprint density at radius 3 is 2.83 bits per heavy atom. The van der Waals surface area contributed by atoms with Crippen LogP contribution in [0.1, 0.15) is 11.9 Å². The van der Waals surface area contributed by atoms with Crippen LogP contribution in [0.5, 0.6) is 5.75 Å². The van der Waals surface area contributed by atoms with E-state index < -0.39 is 6.10 Å². The van der Waals surface area contributed by atoms with Crippen LogP contribution in [0.15, 0.2) is 52.3 Å². The zero-order valence-electron chi connectivity index (χ0n) is 15.8. The average Bonchev–Trinajstić information content (AvgIpc) is 3.13. The maximum Gasteiger partial charge on any atom is 0.268 e. The van der Waals surface area contributed by atoms with E-state index in [1.165, 1.54) is 4.90 Å². The summed E-state index contributed by atoms with van der Waals surface area (Å²) in [6.45, 7) is 3.52. The normalized spacial score (nSPS) is 15.6. The molecule has 1 atom stereocenters. The van der Waals surface area contributed by atoms with Crippen molar-refractivity contribution in [3.05, 3.63) is 57.3 Å². The number of para-hydroxylation sites is 1. The molecule has 0 saturated heterocycles. The summed E-state index contributed by atoms with van der Waals surface area (Å²) in [5.74, 6) is 0.0214. The smallest absolute Gasteiger partial charge is 0.268 e. The van der Waals surface area contributed by atoms with Gasteiger partial charge in [-0.1, -0.05) is 12.1 Å². The molecule has 1 aromatic heterocycles. The van der Waals surface area contributed by atoms with Gasteiger partial charge < -0.3 is 10.1 Å². The van der Waals surface area contributed by atoms with Gasteiger partial charge in [-0.3, -0.25) is 14.5 Å². The van der Waals surface area contributed by atoms with Crippen molar-refractivity contribution in [2.45, 2.75) is 20.0 Å².